The van der Waals surface area contributed by atoms with Gasteiger partial charge >= 0.3 is 5.97 Å². The number of carbonyl (C=O) groups is 2. The molecule has 4 N–H and O–H groups in total. The van der Waals surface area contributed by atoms with Crippen LogP contribution in [0.4, 0.5) is 0 Å². The lowest BCUT2D eigenvalue weighted by Crippen LogP contribution is -2.69. The molecule has 4 aliphatic carbocycles. The van der Waals surface area contributed by atoms with E-state index in [4.69, 9.17) is 14.2 Å². The summed E-state index contributed by atoms with van der Waals surface area (Å²) in [6.45, 7) is 4.13. The lowest BCUT2D eigenvalue weighted by molar-refractivity contribution is -0.286. The van der Waals surface area contributed by atoms with E-state index in [2.05, 4.69) is 6.92 Å². The topological polar surface area (TPSA) is 143 Å². The molecular weight excluding hydrogens is 492 g/mol. The first-order valence-electron chi connectivity index (χ1n) is 14.4. The molecule has 0 amide bonds. The zero-order valence-electron chi connectivity index (χ0n) is 22.4. The molecule has 4 saturated carbocycles. The standard InChI is InChI=1S/C29H42O9/c1-16-25(33)22(31)12-24(37-16)38-18-3-8-27(15-30)20-4-7-26(2)19(17-11-23(32)36-14-17)6-10-29(26,35)21(20)5-9-28(27,34)13-18/h11,15-16,18-22,24-25,31,33-35H,3-10,12-14H2,1-2H3/t16-,18?,19-,20+,21-,22+,24+,25-,26-,27+,28+,29+/m1/s1. The van der Waals surface area contributed by atoms with Gasteiger partial charge in [0.2, 0.25) is 0 Å². The summed E-state index contributed by atoms with van der Waals surface area (Å²) in [7, 11) is 0. The first-order valence-corrected chi connectivity index (χ1v) is 14.4. The summed E-state index contributed by atoms with van der Waals surface area (Å²) >= 11 is 0. The largest absolute Gasteiger partial charge is 0.458 e. The van der Waals surface area contributed by atoms with Crippen LogP contribution in [-0.2, 0) is 23.8 Å². The van der Waals surface area contributed by atoms with Crippen LogP contribution in [0.2, 0.25) is 0 Å². The highest BCUT2D eigenvalue weighted by Gasteiger charge is 2.71. The van der Waals surface area contributed by atoms with E-state index in [1.54, 1.807) is 13.0 Å². The van der Waals surface area contributed by atoms with Crippen molar-refractivity contribution < 1.29 is 44.2 Å². The predicted octanol–water partition coefficient (Wildman–Crippen LogP) is 1.78. The van der Waals surface area contributed by atoms with Gasteiger partial charge in [-0.05, 0) is 81.6 Å². The van der Waals surface area contributed by atoms with E-state index in [1.165, 1.54) is 0 Å². The normalized spacial score (nSPS) is 54.4. The van der Waals surface area contributed by atoms with Crippen molar-refractivity contribution in [2.75, 3.05) is 6.61 Å². The number of cyclic esters (lactones) is 1. The second-order valence-electron chi connectivity index (χ2n) is 13.3. The van der Waals surface area contributed by atoms with Gasteiger partial charge in [0.15, 0.2) is 6.29 Å². The molecule has 12 atom stereocenters. The highest BCUT2D eigenvalue weighted by atomic mass is 16.7. The maximum Gasteiger partial charge on any atom is 0.331 e. The maximum absolute atomic E-state index is 12.9. The zero-order chi connectivity index (χ0) is 27.1. The van der Waals surface area contributed by atoms with Crippen molar-refractivity contribution in [3.05, 3.63) is 11.6 Å². The van der Waals surface area contributed by atoms with Gasteiger partial charge in [-0.1, -0.05) is 6.92 Å². The summed E-state index contributed by atoms with van der Waals surface area (Å²) in [6.07, 6.45) is 4.50. The van der Waals surface area contributed by atoms with Crippen molar-refractivity contribution in [1.82, 2.24) is 0 Å². The SMILES string of the molecule is C[C@H]1O[C@@H](OC2CC[C@]3(C=O)[C@H]4CC[C@]5(C)[C@@H](C6=CC(=O)OC6)CC[C@]5(O)[C@@H]4CC[C@]3(O)C2)C[C@H](O)[C@@H]1O. The molecule has 0 aromatic carbocycles. The van der Waals surface area contributed by atoms with Crippen molar-refractivity contribution in [1.29, 1.82) is 0 Å². The van der Waals surface area contributed by atoms with Crippen LogP contribution in [0, 0.1) is 28.6 Å². The number of carbonyl (C=O) groups excluding carboxylic acids is 2. The Morgan fingerprint density at radius 3 is 2.50 bits per heavy atom. The molecule has 6 aliphatic rings. The third kappa shape index (κ3) is 3.65. The molecule has 6 rings (SSSR count). The smallest absolute Gasteiger partial charge is 0.331 e. The van der Waals surface area contributed by atoms with Crippen molar-refractivity contribution in [3.8, 4) is 0 Å². The Labute approximate surface area is 223 Å². The van der Waals surface area contributed by atoms with Crippen molar-refractivity contribution >= 4 is 12.3 Å². The number of esters is 1. The van der Waals surface area contributed by atoms with Crippen LogP contribution >= 0.6 is 0 Å². The van der Waals surface area contributed by atoms with E-state index in [1.807, 2.05) is 0 Å². The highest BCUT2D eigenvalue weighted by molar-refractivity contribution is 5.85. The monoisotopic (exact) mass is 534 g/mol. The summed E-state index contributed by atoms with van der Waals surface area (Å²) in [5.41, 5.74) is -2.60. The van der Waals surface area contributed by atoms with Gasteiger partial charge in [0.25, 0.3) is 0 Å². The minimum Gasteiger partial charge on any atom is -0.458 e. The molecule has 0 aromatic heterocycles. The van der Waals surface area contributed by atoms with Crippen LogP contribution in [0.15, 0.2) is 11.6 Å². The number of rotatable bonds is 4. The molecule has 5 fully saturated rings. The van der Waals surface area contributed by atoms with Gasteiger partial charge in [-0.2, -0.15) is 0 Å². The molecule has 2 heterocycles. The van der Waals surface area contributed by atoms with E-state index < -0.39 is 46.6 Å². The maximum atomic E-state index is 12.9. The lowest BCUT2D eigenvalue weighted by Gasteiger charge is -2.65. The van der Waals surface area contributed by atoms with Crippen LogP contribution in [0.25, 0.3) is 0 Å². The number of hydrogen-bond acceptors (Lipinski definition) is 9. The Hall–Kier alpha value is -1.36. The molecule has 0 aromatic rings. The van der Waals surface area contributed by atoms with Gasteiger partial charge in [-0.25, -0.2) is 4.79 Å². The summed E-state index contributed by atoms with van der Waals surface area (Å²) in [5, 5.41) is 44.6. The van der Waals surface area contributed by atoms with Crippen molar-refractivity contribution in [3.63, 3.8) is 0 Å². The number of fused-ring (bicyclic) bond motifs is 5. The second-order valence-corrected chi connectivity index (χ2v) is 13.3. The van der Waals surface area contributed by atoms with E-state index in [0.717, 1.165) is 31.1 Å². The van der Waals surface area contributed by atoms with Gasteiger partial charge in [0.05, 0.1) is 34.9 Å². The van der Waals surface area contributed by atoms with Crippen LogP contribution in [0.3, 0.4) is 0 Å². The Morgan fingerprint density at radius 2 is 1.82 bits per heavy atom. The third-order valence-corrected chi connectivity index (χ3v) is 11.9. The van der Waals surface area contributed by atoms with Crippen molar-refractivity contribution in [2.45, 2.75) is 120 Å². The Kier molecular flexibility index (Phi) is 6.41. The van der Waals surface area contributed by atoms with Gasteiger partial charge in [-0.15, -0.1) is 0 Å². The Balaban J connectivity index is 1.22. The fraction of sp³-hybridized carbons (Fsp3) is 0.862. The number of ether oxygens (including phenoxy) is 3. The van der Waals surface area contributed by atoms with E-state index in [9.17, 15) is 30.0 Å². The Bertz CT molecular complexity index is 1000. The molecule has 1 unspecified atom stereocenters. The summed E-state index contributed by atoms with van der Waals surface area (Å²) in [4.78, 5) is 24.7. The minimum atomic E-state index is -1.24. The van der Waals surface area contributed by atoms with E-state index in [0.29, 0.717) is 45.1 Å². The highest BCUT2D eigenvalue weighted by Crippen LogP contribution is 2.70. The first-order chi connectivity index (χ1) is 18.0. The molecular formula is C29H42O9. The molecule has 9 nitrogen and oxygen atoms in total. The molecule has 212 valence electrons. The fourth-order valence-electron chi connectivity index (χ4n) is 9.76. The first kappa shape index (κ1) is 26.8. The molecule has 38 heavy (non-hydrogen) atoms. The van der Waals surface area contributed by atoms with Crippen molar-refractivity contribution in [2.24, 2.45) is 28.6 Å². The number of aliphatic hydroxyl groups excluding tert-OH is 2. The van der Waals surface area contributed by atoms with Gasteiger partial charge in [0, 0.05) is 24.3 Å². The van der Waals surface area contributed by atoms with E-state index >= 15 is 0 Å². The lowest BCUT2D eigenvalue weighted by atomic mass is 9.41. The van der Waals surface area contributed by atoms with Gasteiger partial charge in [-0.3, -0.25) is 0 Å². The number of hydrogen-bond donors (Lipinski definition) is 4. The van der Waals surface area contributed by atoms with E-state index in [-0.39, 0.29) is 36.2 Å². The average molecular weight is 535 g/mol. The van der Waals surface area contributed by atoms with Gasteiger partial charge < -0.3 is 39.4 Å². The second kappa shape index (κ2) is 9.08. The fourth-order valence-corrected chi connectivity index (χ4v) is 9.76. The zero-order valence-corrected chi connectivity index (χ0v) is 22.4. The molecule has 9 heteroatoms. The molecule has 0 radical (unpaired) electrons. The van der Waals surface area contributed by atoms with Crippen LogP contribution in [-0.4, -0.2) is 81.2 Å². The van der Waals surface area contributed by atoms with Crippen LogP contribution < -0.4 is 0 Å². The minimum absolute atomic E-state index is 0.0729. The quantitative estimate of drug-likeness (QED) is 0.241. The Morgan fingerprint density at radius 1 is 1.05 bits per heavy atom. The molecule has 0 bridgehead atoms. The van der Waals surface area contributed by atoms with Crippen LogP contribution in [0.1, 0.15) is 78.1 Å². The summed E-state index contributed by atoms with van der Waals surface area (Å²) < 4.78 is 17.1. The third-order valence-electron chi connectivity index (χ3n) is 11.9. The average Bonchev–Trinajstić information content (AvgIpc) is 3.41. The number of aliphatic hydroxyl groups is 4. The predicted molar refractivity (Wildman–Crippen MR) is 133 cm³/mol. The molecule has 0 spiro atoms. The number of aldehydes is 1. The molecule has 1 saturated heterocycles. The van der Waals surface area contributed by atoms with Gasteiger partial charge in [0.1, 0.15) is 19.0 Å². The van der Waals surface area contributed by atoms with Crippen LogP contribution in [0.5, 0.6) is 0 Å². The summed E-state index contributed by atoms with van der Waals surface area (Å²) in [5.74, 6) is -0.473. The summed E-state index contributed by atoms with van der Waals surface area (Å²) in [6, 6.07) is 0. The molecule has 2 aliphatic heterocycles.